The Morgan fingerprint density at radius 3 is 2.05 bits per heavy atom. The van der Waals surface area contributed by atoms with Gasteiger partial charge in [-0.25, -0.2) is 9.97 Å². The van der Waals surface area contributed by atoms with E-state index < -0.39 is 12.1 Å². The van der Waals surface area contributed by atoms with Crippen molar-refractivity contribution in [3.8, 4) is 45.5 Å². The van der Waals surface area contributed by atoms with Crippen molar-refractivity contribution in [1.82, 2.24) is 39.5 Å². The fourth-order valence-electron chi connectivity index (χ4n) is 10.2. The van der Waals surface area contributed by atoms with Crippen LogP contribution in [0.3, 0.4) is 0 Å². The fraction of sp³-hybridized carbons (Fsp3) is 0.370. The molecule has 0 bridgehead atoms. The molecule has 2 aliphatic heterocycles. The molecular formula is C54H60N8O2. The van der Waals surface area contributed by atoms with E-state index in [1.165, 1.54) is 5.56 Å². The lowest BCUT2D eigenvalue weighted by atomic mass is 9.95. The Kier molecular flexibility index (Phi) is 12.9. The Balaban J connectivity index is 0.979. The molecule has 4 aromatic carbocycles. The topological polar surface area (TPSA) is 104 Å². The molecule has 0 saturated carbocycles. The van der Waals surface area contributed by atoms with Gasteiger partial charge in [-0.3, -0.25) is 19.4 Å². The highest BCUT2D eigenvalue weighted by Crippen LogP contribution is 2.40. The SMILES string of the molecule is CCN(CC)[C@@H](C(=O)N1CCC#C[C@H]1c1ncc(-c2cccc(-c3ccc4c(c3)-c3nc([C@@H]5CCCN5C(=O)[C@@H](c5ccccc5)N(CC)CC)[nH]c3CCC4)c2)[nH]1)c1ccccc1. The van der Waals surface area contributed by atoms with Gasteiger partial charge in [-0.1, -0.05) is 131 Å². The maximum Gasteiger partial charge on any atom is 0.245 e. The first-order valence-corrected chi connectivity index (χ1v) is 23.5. The molecule has 2 aromatic heterocycles. The number of rotatable bonds is 14. The van der Waals surface area contributed by atoms with E-state index in [-0.39, 0.29) is 23.9 Å². The van der Waals surface area contributed by atoms with Gasteiger partial charge in [0.05, 0.1) is 23.6 Å². The van der Waals surface area contributed by atoms with Crippen molar-refractivity contribution in [3.05, 3.63) is 143 Å². The van der Waals surface area contributed by atoms with E-state index in [9.17, 15) is 9.59 Å². The zero-order valence-corrected chi connectivity index (χ0v) is 37.7. The van der Waals surface area contributed by atoms with Crippen molar-refractivity contribution in [2.45, 2.75) is 90.4 Å². The smallest absolute Gasteiger partial charge is 0.245 e. The standard InChI is InChI=1S/C54H60N8O2/c1-5-59(6-2)49(38-20-11-9-12-21-38)53(63)61-32-16-15-28-46(61)51-55-36-45(57-51)42-26-17-25-40(34-42)41-31-30-37-24-18-27-44-48(43(37)35-41)58-52(56-44)47-29-19-33-62(47)54(64)50(60(7-3)8-4)39-22-13-10-14-23-39/h9-14,17,20-23,25-26,30-31,34-36,46-47,49-50H,5-8,16,18-19,24,27,29,32-33H2,1-4H3,(H,55,57)(H,56,58)/t46-,47-,49+,50+/m0/s1. The zero-order valence-electron chi connectivity index (χ0n) is 37.7. The Bertz CT molecular complexity index is 2630. The van der Waals surface area contributed by atoms with Crippen molar-refractivity contribution in [2.75, 3.05) is 39.3 Å². The predicted molar refractivity (Wildman–Crippen MR) is 254 cm³/mol. The summed E-state index contributed by atoms with van der Waals surface area (Å²) in [5.41, 5.74) is 10.7. The van der Waals surface area contributed by atoms with Crippen molar-refractivity contribution >= 4 is 11.8 Å². The highest BCUT2D eigenvalue weighted by Gasteiger charge is 2.39. The first-order chi connectivity index (χ1) is 31.4. The Morgan fingerprint density at radius 1 is 0.703 bits per heavy atom. The average molecular weight is 853 g/mol. The molecule has 4 heterocycles. The number of amides is 2. The molecule has 6 aromatic rings. The number of aromatic nitrogens is 4. The summed E-state index contributed by atoms with van der Waals surface area (Å²) >= 11 is 0. The van der Waals surface area contributed by atoms with Crippen LogP contribution in [0.2, 0.25) is 0 Å². The maximum atomic E-state index is 14.6. The molecule has 1 aliphatic carbocycles. The highest BCUT2D eigenvalue weighted by molar-refractivity contribution is 5.85. The van der Waals surface area contributed by atoms with E-state index in [0.717, 1.165) is 121 Å². The molecule has 0 unspecified atom stereocenters. The van der Waals surface area contributed by atoms with Gasteiger partial charge >= 0.3 is 0 Å². The number of likely N-dealkylation sites (tertiary alicyclic amines) is 1. The Morgan fingerprint density at radius 2 is 1.36 bits per heavy atom. The van der Waals surface area contributed by atoms with Gasteiger partial charge in [-0.2, -0.15) is 0 Å². The Labute approximate surface area is 378 Å². The van der Waals surface area contributed by atoms with Gasteiger partial charge in [0.1, 0.15) is 23.7 Å². The van der Waals surface area contributed by atoms with Crippen LogP contribution in [0.15, 0.2) is 109 Å². The van der Waals surface area contributed by atoms with Gasteiger partial charge in [-0.05, 0) is 98.2 Å². The minimum absolute atomic E-state index is 0.0466. The van der Waals surface area contributed by atoms with E-state index in [2.05, 4.69) is 119 Å². The van der Waals surface area contributed by atoms with Crippen LogP contribution >= 0.6 is 0 Å². The van der Waals surface area contributed by atoms with Gasteiger partial charge in [0.2, 0.25) is 11.8 Å². The minimum Gasteiger partial charge on any atom is -0.344 e. The lowest BCUT2D eigenvalue weighted by Gasteiger charge is -2.36. The van der Waals surface area contributed by atoms with Crippen LogP contribution in [0.5, 0.6) is 0 Å². The molecule has 2 amide bonds. The first-order valence-electron chi connectivity index (χ1n) is 23.5. The molecule has 0 radical (unpaired) electrons. The number of nitrogens with zero attached hydrogens (tertiary/aromatic N) is 6. The Hall–Kier alpha value is -6.28. The second kappa shape index (κ2) is 19.2. The van der Waals surface area contributed by atoms with Crippen LogP contribution in [0.4, 0.5) is 0 Å². The van der Waals surface area contributed by atoms with E-state index >= 15 is 0 Å². The summed E-state index contributed by atoms with van der Waals surface area (Å²) < 4.78 is 0. The maximum absolute atomic E-state index is 14.6. The summed E-state index contributed by atoms with van der Waals surface area (Å²) in [5.74, 6) is 8.39. The third-order valence-corrected chi connectivity index (χ3v) is 13.6. The van der Waals surface area contributed by atoms with Gasteiger partial charge in [0.25, 0.3) is 0 Å². The van der Waals surface area contributed by atoms with Crippen molar-refractivity contribution in [3.63, 3.8) is 0 Å². The van der Waals surface area contributed by atoms with Crippen LogP contribution in [0, 0.1) is 11.8 Å². The molecular weight excluding hydrogens is 793 g/mol. The quantitative estimate of drug-likeness (QED) is 0.106. The zero-order chi connectivity index (χ0) is 44.2. The number of carbonyl (C=O) groups is 2. The third kappa shape index (κ3) is 8.43. The van der Waals surface area contributed by atoms with Crippen LogP contribution in [-0.2, 0) is 22.4 Å². The average Bonchev–Trinajstić information content (AvgIpc) is 4.12. The molecule has 1 saturated heterocycles. The van der Waals surface area contributed by atoms with E-state index in [1.807, 2.05) is 59.6 Å². The molecule has 10 nitrogen and oxygen atoms in total. The van der Waals surface area contributed by atoms with Gasteiger partial charge in [0.15, 0.2) is 6.04 Å². The van der Waals surface area contributed by atoms with Gasteiger partial charge in [-0.15, -0.1) is 0 Å². The number of aromatic amines is 2. The number of benzene rings is 4. The summed E-state index contributed by atoms with van der Waals surface area (Å²) in [6, 6.07) is 34.3. The third-order valence-electron chi connectivity index (χ3n) is 13.6. The van der Waals surface area contributed by atoms with Crippen LogP contribution < -0.4 is 0 Å². The molecule has 328 valence electrons. The normalized spacial score (nSPS) is 18.0. The number of hydrogen-bond acceptors (Lipinski definition) is 6. The van der Waals surface area contributed by atoms with Gasteiger partial charge < -0.3 is 19.8 Å². The second-order valence-corrected chi connectivity index (χ2v) is 17.2. The highest BCUT2D eigenvalue weighted by atomic mass is 16.2. The minimum atomic E-state index is -0.473. The molecule has 0 spiro atoms. The molecule has 2 N–H and O–H groups in total. The summed E-state index contributed by atoms with van der Waals surface area (Å²) in [6.07, 6.45) is 7.25. The van der Waals surface area contributed by atoms with Crippen LogP contribution in [0.1, 0.15) is 112 Å². The fourth-order valence-corrected chi connectivity index (χ4v) is 10.2. The summed E-state index contributed by atoms with van der Waals surface area (Å²) in [7, 11) is 0. The molecule has 1 fully saturated rings. The number of hydrogen-bond donors (Lipinski definition) is 2. The monoisotopic (exact) mass is 852 g/mol. The summed E-state index contributed by atoms with van der Waals surface area (Å²) in [6.45, 7) is 12.9. The number of H-pyrrole nitrogens is 2. The first kappa shape index (κ1) is 43.0. The lowest BCUT2D eigenvalue weighted by Crippen LogP contribution is -2.45. The van der Waals surface area contributed by atoms with Crippen molar-refractivity contribution in [1.29, 1.82) is 0 Å². The molecule has 3 aliphatic rings. The number of fused-ring (bicyclic) bond motifs is 3. The number of imidazole rings is 2. The molecule has 10 heteroatoms. The van der Waals surface area contributed by atoms with Crippen molar-refractivity contribution < 1.29 is 9.59 Å². The summed E-state index contributed by atoms with van der Waals surface area (Å²) in [4.78, 5) is 55.1. The second-order valence-electron chi connectivity index (χ2n) is 17.2. The van der Waals surface area contributed by atoms with Gasteiger partial charge in [0, 0.05) is 36.3 Å². The van der Waals surface area contributed by atoms with Crippen LogP contribution in [-0.4, -0.2) is 90.6 Å². The van der Waals surface area contributed by atoms with E-state index in [4.69, 9.17) is 9.97 Å². The van der Waals surface area contributed by atoms with E-state index in [1.54, 1.807) is 0 Å². The lowest BCUT2D eigenvalue weighted by molar-refractivity contribution is -0.139. The van der Waals surface area contributed by atoms with Crippen molar-refractivity contribution in [2.24, 2.45) is 0 Å². The molecule has 9 rings (SSSR count). The predicted octanol–water partition coefficient (Wildman–Crippen LogP) is 9.73. The van der Waals surface area contributed by atoms with Crippen LogP contribution in [0.25, 0.3) is 33.6 Å². The number of likely N-dealkylation sites (N-methyl/N-ethyl adjacent to an activating group) is 2. The number of nitrogens with one attached hydrogen (secondary N) is 2. The molecule has 4 atom stereocenters. The number of aryl methyl sites for hydroxylation is 2. The van der Waals surface area contributed by atoms with E-state index in [0.29, 0.717) is 18.8 Å². The number of carbonyl (C=O) groups excluding carboxylic acids is 2. The largest absolute Gasteiger partial charge is 0.344 e. The summed E-state index contributed by atoms with van der Waals surface area (Å²) in [5, 5.41) is 0. The molecule has 64 heavy (non-hydrogen) atoms.